The van der Waals surface area contributed by atoms with Crippen molar-refractivity contribution in [1.29, 1.82) is 0 Å². The number of aliphatic hydroxyl groups excluding tert-OH is 1. The zero-order chi connectivity index (χ0) is 14.0. The smallest absolute Gasteiger partial charge is 0.192 e. The van der Waals surface area contributed by atoms with Crippen LogP contribution in [-0.2, 0) is 4.43 Å². The summed E-state index contributed by atoms with van der Waals surface area (Å²) in [7, 11) is -1.81. The van der Waals surface area contributed by atoms with Crippen LogP contribution < -0.4 is 0 Å². The monoisotopic (exact) mass is 290 g/mol. The number of rotatable bonds is 5. The summed E-state index contributed by atoms with van der Waals surface area (Å²) in [6, 6.07) is 1.49. The zero-order valence-electron chi connectivity index (χ0n) is 11.8. The van der Waals surface area contributed by atoms with E-state index in [1.54, 1.807) is 0 Å². The Kier molecular flexibility index (Phi) is 5.11. The molecule has 104 valence electrons. The molecule has 1 N–H and O–H groups in total. The van der Waals surface area contributed by atoms with E-state index in [9.17, 15) is 9.50 Å². The Morgan fingerprint density at radius 3 is 2.44 bits per heavy atom. The number of halogens is 1. The normalized spacial score (nSPS) is 14.8. The van der Waals surface area contributed by atoms with Gasteiger partial charge in [0.1, 0.15) is 5.82 Å². The van der Waals surface area contributed by atoms with Crippen molar-refractivity contribution in [2.24, 2.45) is 0 Å². The molecule has 0 bridgehead atoms. The molecule has 1 atom stereocenters. The molecular weight excluding hydrogens is 267 g/mol. The molecule has 0 saturated heterocycles. The summed E-state index contributed by atoms with van der Waals surface area (Å²) >= 11 is 1.34. The van der Waals surface area contributed by atoms with Crippen LogP contribution in [0.4, 0.5) is 4.39 Å². The summed E-state index contributed by atoms with van der Waals surface area (Å²) in [6.45, 7) is 11.3. The first kappa shape index (κ1) is 15.8. The van der Waals surface area contributed by atoms with Crippen molar-refractivity contribution in [3.8, 4) is 0 Å². The molecule has 0 fully saturated rings. The molecule has 0 aliphatic carbocycles. The number of aliphatic hydroxyl groups is 1. The van der Waals surface area contributed by atoms with E-state index in [2.05, 4.69) is 33.9 Å². The zero-order valence-corrected chi connectivity index (χ0v) is 13.6. The minimum atomic E-state index is -1.81. The Balaban J connectivity index is 2.66. The lowest BCUT2D eigenvalue weighted by Crippen LogP contribution is -2.41. The van der Waals surface area contributed by atoms with Crippen molar-refractivity contribution in [2.75, 3.05) is 13.2 Å². The summed E-state index contributed by atoms with van der Waals surface area (Å²) in [6.07, 6.45) is 0. The molecule has 0 aliphatic rings. The van der Waals surface area contributed by atoms with Gasteiger partial charge in [-0.3, -0.25) is 0 Å². The molecule has 0 saturated carbocycles. The minimum Gasteiger partial charge on any atom is -0.416 e. The Labute approximate surface area is 114 Å². The quantitative estimate of drug-likeness (QED) is 0.831. The van der Waals surface area contributed by atoms with Crippen molar-refractivity contribution in [3.63, 3.8) is 0 Å². The molecule has 2 nitrogen and oxygen atoms in total. The second-order valence-corrected chi connectivity index (χ2v) is 11.9. The van der Waals surface area contributed by atoms with E-state index in [-0.39, 0.29) is 23.4 Å². The maximum atomic E-state index is 13.0. The van der Waals surface area contributed by atoms with Crippen molar-refractivity contribution >= 4 is 19.7 Å². The van der Waals surface area contributed by atoms with Crippen LogP contribution in [0.3, 0.4) is 0 Å². The Morgan fingerprint density at radius 2 is 2.06 bits per heavy atom. The van der Waals surface area contributed by atoms with Crippen LogP contribution in [0.15, 0.2) is 11.4 Å². The van der Waals surface area contributed by atoms with Gasteiger partial charge in [-0.15, -0.1) is 11.3 Å². The van der Waals surface area contributed by atoms with Gasteiger partial charge in [-0.25, -0.2) is 4.39 Å². The fraction of sp³-hybridized carbons (Fsp3) is 0.692. The predicted octanol–water partition coefficient (Wildman–Crippen LogP) is 3.98. The van der Waals surface area contributed by atoms with Crippen molar-refractivity contribution in [2.45, 2.75) is 44.8 Å². The molecule has 0 aliphatic heterocycles. The Bertz CT molecular complexity index is 385. The fourth-order valence-electron chi connectivity index (χ4n) is 1.29. The van der Waals surface area contributed by atoms with Gasteiger partial charge < -0.3 is 9.53 Å². The van der Waals surface area contributed by atoms with Gasteiger partial charge in [-0.1, -0.05) is 20.8 Å². The predicted molar refractivity (Wildman–Crippen MR) is 77.3 cm³/mol. The van der Waals surface area contributed by atoms with Gasteiger partial charge in [0.15, 0.2) is 8.32 Å². The van der Waals surface area contributed by atoms with E-state index in [0.717, 1.165) is 4.88 Å². The molecule has 0 radical (unpaired) electrons. The van der Waals surface area contributed by atoms with Gasteiger partial charge in [-0.2, -0.15) is 0 Å². The first-order valence-electron chi connectivity index (χ1n) is 6.16. The third kappa shape index (κ3) is 3.88. The molecule has 0 amide bonds. The van der Waals surface area contributed by atoms with Crippen LogP contribution in [0.5, 0.6) is 0 Å². The van der Waals surface area contributed by atoms with Gasteiger partial charge >= 0.3 is 0 Å². The minimum absolute atomic E-state index is 0.00538. The second kappa shape index (κ2) is 5.82. The lowest BCUT2D eigenvalue weighted by molar-refractivity contribution is 0.196. The summed E-state index contributed by atoms with van der Waals surface area (Å²) in [5, 5.41) is 11.0. The van der Waals surface area contributed by atoms with Gasteiger partial charge in [0.05, 0.1) is 6.61 Å². The highest BCUT2D eigenvalue weighted by atomic mass is 32.1. The third-order valence-corrected chi connectivity index (χ3v) is 9.23. The van der Waals surface area contributed by atoms with E-state index >= 15 is 0 Å². The van der Waals surface area contributed by atoms with E-state index in [1.807, 2.05) is 0 Å². The van der Waals surface area contributed by atoms with Crippen molar-refractivity contribution in [1.82, 2.24) is 0 Å². The molecule has 1 rings (SSSR count). The fourth-order valence-corrected chi connectivity index (χ4v) is 3.18. The molecule has 1 unspecified atom stereocenters. The largest absolute Gasteiger partial charge is 0.416 e. The highest BCUT2D eigenvalue weighted by Gasteiger charge is 2.37. The maximum Gasteiger partial charge on any atom is 0.192 e. The maximum absolute atomic E-state index is 13.0. The SMILES string of the molecule is CC(C)(C)[Si](C)(C)OCC(CO)c1cc(F)cs1. The van der Waals surface area contributed by atoms with E-state index < -0.39 is 8.32 Å². The summed E-state index contributed by atoms with van der Waals surface area (Å²) in [5.41, 5.74) is 0. The van der Waals surface area contributed by atoms with Gasteiger partial charge in [0.2, 0.25) is 0 Å². The van der Waals surface area contributed by atoms with Crippen LogP contribution in [0.25, 0.3) is 0 Å². The molecule has 18 heavy (non-hydrogen) atoms. The number of hydrogen-bond donors (Lipinski definition) is 1. The Morgan fingerprint density at radius 1 is 1.44 bits per heavy atom. The second-order valence-electron chi connectivity index (χ2n) is 6.12. The van der Waals surface area contributed by atoms with Crippen LogP contribution >= 0.6 is 11.3 Å². The molecule has 0 aromatic carbocycles. The molecular formula is C13H23FO2SSi. The van der Waals surface area contributed by atoms with Crippen LogP contribution in [-0.4, -0.2) is 26.6 Å². The average molecular weight is 290 g/mol. The van der Waals surface area contributed by atoms with Crippen molar-refractivity contribution < 1.29 is 13.9 Å². The lowest BCUT2D eigenvalue weighted by atomic mass is 10.1. The highest BCUT2D eigenvalue weighted by molar-refractivity contribution is 7.10. The standard InChI is InChI=1S/C13H23FO2SSi/c1-13(2,3)18(4,5)16-8-10(7-15)12-6-11(14)9-17-12/h6,9-10,15H,7-8H2,1-5H3. The van der Waals surface area contributed by atoms with Crippen LogP contribution in [0.1, 0.15) is 31.6 Å². The topological polar surface area (TPSA) is 29.5 Å². The van der Waals surface area contributed by atoms with Crippen LogP contribution in [0, 0.1) is 5.82 Å². The molecule has 1 aromatic rings. The lowest BCUT2D eigenvalue weighted by Gasteiger charge is -2.37. The summed E-state index contributed by atoms with van der Waals surface area (Å²) < 4.78 is 19.1. The first-order valence-corrected chi connectivity index (χ1v) is 9.95. The average Bonchev–Trinajstić information content (AvgIpc) is 2.64. The summed E-state index contributed by atoms with van der Waals surface area (Å²) in [5.74, 6) is -0.352. The van der Waals surface area contributed by atoms with Gasteiger partial charge in [-0.05, 0) is 24.2 Å². The van der Waals surface area contributed by atoms with Crippen LogP contribution in [0.2, 0.25) is 18.1 Å². The van der Waals surface area contributed by atoms with Crippen molar-refractivity contribution in [3.05, 3.63) is 22.1 Å². The Hall–Kier alpha value is -0.233. The van der Waals surface area contributed by atoms with E-state index in [0.29, 0.717) is 6.61 Å². The number of hydrogen-bond acceptors (Lipinski definition) is 3. The highest BCUT2D eigenvalue weighted by Crippen LogP contribution is 2.37. The summed E-state index contributed by atoms with van der Waals surface area (Å²) in [4.78, 5) is 0.855. The third-order valence-electron chi connectivity index (χ3n) is 3.66. The number of thiophene rings is 1. The molecule has 0 spiro atoms. The van der Waals surface area contributed by atoms with E-state index in [4.69, 9.17) is 4.43 Å². The molecule has 1 aromatic heterocycles. The van der Waals surface area contributed by atoms with Gasteiger partial charge in [0, 0.05) is 22.8 Å². The first-order chi connectivity index (χ1) is 8.17. The van der Waals surface area contributed by atoms with E-state index in [1.165, 1.54) is 22.8 Å². The molecule has 1 heterocycles. The molecule has 5 heteroatoms. The van der Waals surface area contributed by atoms with Gasteiger partial charge in [0.25, 0.3) is 0 Å².